The summed E-state index contributed by atoms with van der Waals surface area (Å²) in [5.41, 5.74) is -0.389. The van der Waals surface area contributed by atoms with E-state index >= 15 is 0 Å². The van der Waals surface area contributed by atoms with Crippen molar-refractivity contribution in [2.45, 2.75) is 26.4 Å². The van der Waals surface area contributed by atoms with Crippen LogP contribution in [0.4, 0.5) is 0 Å². The molecular weight excluding hydrogens is 254 g/mol. The smallest absolute Gasteiger partial charge is 0.318 e. The summed E-state index contributed by atoms with van der Waals surface area (Å²) in [4.78, 5) is 27.6. The zero-order valence-corrected chi connectivity index (χ0v) is 11.7. The molecule has 0 bridgehead atoms. The van der Waals surface area contributed by atoms with E-state index in [4.69, 9.17) is 4.74 Å². The number of rotatable bonds is 3. The first-order valence-electron chi connectivity index (χ1n) is 6.32. The molecule has 0 N–H and O–H groups in total. The average Bonchev–Trinajstić information content (AvgIpc) is 2.35. The summed E-state index contributed by atoms with van der Waals surface area (Å²) in [7, 11) is 0. The molecule has 0 atom stereocenters. The van der Waals surface area contributed by atoms with E-state index in [0.717, 1.165) is 17.2 Å². The predicted molar refractivity (Wildman–Crippen MR) is 76.2 cm³/mol. The number of pyridine rings is 1. The molecule has 1 aromatic carbocycles. The van der Waals surface area contributed by atoms with Crippen LogP contribution >= 0.6 is 0 Å². The first-order valence-corrected chi connectivity index (χ1v) is 6.32. The first-order chi connectivity index (χ1) is 9.35. The molecule has 0 saturated heterocycles. The molecule has 20 heavy (non-hydrogen) atoms. The van der Waals surface area contributed by atoms with Gasteiger partial charge in [0.15, 0.2) is 5.78 Å². The van der Waals surface area contributed by atoms with E-state index in [1.54, 1.807) is 33.0 Å². The molecule has 0 unspecified atom stereocenters. The number of hydrogen-bond donors (Lipinski definition) is 0. The summed E-state index contributed by atoms with van der Waals surface area (Å²) in [5.74, 6) is -1.11. The van der Waals surface area contributed by atoms with Crippen LogP contribution in [0.2, 0.25) is 0 Å². The number of fused-ring (bicyclic) bond motifs is 1. The maximum atomic E-state index is 12.0. The lowest BCUT2D eigenvalue weighted by Crippen LogP contribution is -2.26. The van der Waals surface area contributed by atoms with Crippen molar-refractivity contribution in [3.05, 3.63) is 48.6 Å². The molecule has 0 aliphatic heterocycles. The number of carbonyl (C=O) groups excluding carboxylic acids is 2. The Kier molecular flexibility index (Phi) is 3.84. The molecule has 103 valence electrons. The molecule has 1 radical (unpaired) electrons. The van der Waals surface area contributed by atoms with Crippen LogP contribution in [-0.4, -0.2) is 22.3 Å². The number of esters is 1. The van der Waals surface area contributed by atoms with E-state index in [1.807, 2.05) is 24.3 Å². The Labute approximate surface area is 117 Å². The number of aromatic nitrogens is 1. The van der Waals surface area contributed by atoms with Gasteiger partial charge >= 0.3 is 5.97 Å². The highest BCUT2D eigenvalue weighted by molar-refractivity contribution is 6.15. The van der Waals surface area contributed by atoms with Gasteiger partial charge in [-0.15, -0.1) is 0 Å². The monoisotopic (exact) mass is 270 g/mol. The Morgan fingerprint density at radius 1 is 1.15 bits per heavy atom. The first kappa shape index (κ1) is 14.2. The van der Waals surface area contributed by atoms with E-state index in [0.29, 0.717) is 0 Å². The van der Waals surface area contributed by atoms with Crippen molar-refractivity contribution in [2.75, 3.05) is 0 Å². The average molecular weight is 270 g/mol. The Morgan fingerprint density at radius 2 is 1.80 bits per heavy atom. The summed E-state index contributed by atoms with van der Waals surface area (Å²) < 4.78 is 5.07. The SMILES string of the molecule is CC(C)(C)OC(=O)[CH]C(=O)c1cc2ccccc2cn1. The lowest BCUT2D eigenvalue weighted by Gasteiger charge is -2.18. The van der Waals surface area contributed by atoms with E-state index in [-0.39, 0.29) is 5.69 Å². The van der Waals surface area contributed by atoms with Gasteiger partial charge in [-0.2, -0.15) is 0 Å². The second-order valence-corrected chi connectivity index (χ2v) is 5.46. The Hall–Kier alpha value is -2.23. The van der Waals surface area contributed by atoms with Gasteiger partial charge in [-0.1, -0.05) is 24.3 Å². The Bertz CT molecular complexity index is 656. The molecule has 0 aliphatic rings. The highest BCUT2D eigenvalue weighted by atomic mass is 16.6. The molecule has 0 amide bonds. The highest BCUT2D eigenvalue weighted by Crippen LogP contribution is 2.15. The van der Waals surface area contributed by atoms with Crippen LogP contribution in [0.15, 0.2) is 36.5 Å². The van der Waals surface area contributed by atoms with E-state index < -0.39 is 17.4 Å². The van der Waals surface area contributed by atoms with Crippen LogP contribution < -0.4 is 0 Å². The molecule has 2 rings (SSSR count). The molecule has 0 saturated carbocycles. The second-order valence-electron chi connectivity index (χ2n) is 5.46. The largest absolute Gasteiger partial charge is 0.459 e. The van der Waals surface area contributed by atoms with Crippen LogP contribution in [0.1, 0.15) is 31.3 Å². The van der Waals surface area contributed by atoms with Gasteiger partial charge in [0.05, 0.1) is 0 Å². The van der Waals surface area contributed by atoms with Crippen LogP contribution in [0.3, 0.4) is 0 Å². The number of benzene rings is 1. The van der Waals surface area contributed by atoms with Crippen molar-refractivity contribution in [2.24, 2.45) is 0 Å². The van der Waals surface area contributed by atoms with Gasteiger partial charge in [0.25, 0.3) is 0 Å². The van der Waals surface area contributed by atoms with E-state index in [2.05, 4.69) is 4.98 Å². The van der Waals surface area contributed by atoms with E-state index in [9.17, 15) is 9.59 Å². The minimum Gasteiger partial charge on any atom is -0.459 e. The number of Topliss-reactive ketones (excluding diaryl/α,β-unsaturated/α-hetero) is 1. The fourth-order valence-corrected chi connectivity index (χ4v) is 1.73. The second kappa shape index (κ2) is 5.41. The fraction of sp³-hybridized carbons (Fsp3) is 0.250. The van der Waals surface area contributed by atoms with Crippen LogP contribution in [0, 0.1) is 6.42 Å². The number of nitrogens with zero attached hydrogens (tertiary/aromatic N) is 1. The topological polar surface area (TPSA) is 56.3 Å². The number of ketones is 1. The quantitative estimate of drug-likeness (QED) is 0.489. The number of carbonyl (C=O) groups is 2. The maximum absolute atomic E-state index is 12.0. The molecule has 2 aromatic rings. The maximum Gasteiger partial charge on any atom is 0.318 e. The van der Waals surface area contributed by atoms with Gasteiger partial charge in [-0.3, -0.25) is 14.6 Å². The lowest BCUT2D eigenvalue weighted by atomic mass is 10.1. The summed E-state index contributed by atoms with van der Waals surface area (Å²) in [6, 6.07) is 9.25. The number of ether oxygens (including phenoxy) is 1. The molecular formula is C16H16NO3. The zero-order chi connectivity index (χ0) is 14.8. The molecule has 0 fully saturated rings. The van der Waals surface area contributed by atoms with Crippen molar-refractivity contribution in [3.63, 3.8) is 0 Å². The van der Waals surface area contributed by atoms with Gasteiger partial charge in [0.2, 0.25) is 0 Å². The molecule has 1 heterocycles. The lowest BCUT2D eigenvalue weighted by molar-refractivity contribution is -0.149. The van der Waals surface area contributed by atoms with Crippen LogP contribution in [0.5, 0.6) is 0 Å². The van der Waals surface area contributed by atoms with Crippen molar-refractivity contribution in [3.8, 4) is 0 Å². The summed E-state index contributed by atoms with van der Waals surface area (Å²) in [5, 5.41) is 1.85. The fourth-order valence-electron chi connectivity index (χ4n) is 1.73. The standard InChI is InChI=1S/C16H16NO3/c1-16(2,3)20-15(19)9-14(18)13-8-11-6-4-5-7-12(11)10-17-13/h4-10H,1-3H3. The van der Waals surface area contributed by atoms with Crippen LogP contribution in [0.25, 0.3) is 10.8 Å². The normalized spacial score (nSPS) is 11.3. The zero-order valence-electron chi connectivity index (χ0n) is 11.7. The number of hydrogen-bond acceptors (Lipinski definition) is 4. The van der Waals surface area contributed by atoms with Crippen molar-refractivity contribution in [1.82, 2.24) is 4.98 Å². The Balaban J connectivity index is 2.13. The minimum atomic E-state index is -0.655. The van der Waals surface area contributed by atoms with Crippen LogP contribution in [-0.2, 0) is 9.53 Å². The van der Waals surface area contributed by atoms with Gasteiger partial charge in [0.1, 0.15) is 17.7 Å². The molecule has 4 nitrogen and oxygen atoms in total. The summed E-state index contributed by atoms with van der Waals surface area (Å²) in [6.07, 6.45) is 2.55. The third-order valence-electron chi connectivity index (χ3n) is 2.54. The van der Waals surface area contributed by atoms with Crippen molar-refractivity contribution < 1.29 is 14.3 Å². The molecule has 0 spiro atoms. The van der Waals surface area contributed by atoms with Gasteiger partial charge in [-0.25, -0.2) is 0 Å². The van der Waals surface area contributed by atoms with Crippen molar-refractivity contribution >= 4 is 22.5 Å². The Morgan fingerprint density at radius 3 is 2.45 bits per heavy atom. The third-order valence-corrected chi connectivity index (χ3v) is 2.54. The van der Waals surface area contributed by atoms with Gasteiger partial charge < -0.3 is 4.74 Å². The summed E-state index contributed by atoms with van der Waals surface area (Å²) in [6.45, 7) is 5.24. The van der Waals surface area contributed by atoms with Gasteiger partial charge in [-0.05, 0) is 32.2 Å². The molecule has 1 aromatic heterocycles. The molecule has 4 heteroatoms. The third kappa shape index (κ3) is 3.63. The minimum absolute atomic E-state index is 0.231. The van der Waals surface area contributed by atoms with Gasteiger partial charge in [0, 0.05) is 11.6 Å². The van der Waals surface area contributed by atoms with Crippen molar-refractivity contribution in [1.29, 1.82) is 0 Å². The highest BCUT2D eigenvalue weighted by Gasteiger charge is 2.21. The predicted octanol–water partition coefficient (Wildman–Crippen LogP) is 2.96. The summed E-state index contributed by atoms with van der Waals surface area (Å²) >= 11 is 0. The van der Waals surface area contributed by atoms with E-state index in [1.165, 1.54) is 0 Å². The molecule has 0 aliphatic carbocycles.